The minimum atomic E-state index is -0.0221. The highest BCUT2D eigenvalue weighted by Crippen LogP contribution is 2.20. The van der Waals surface area contributed by atoms with E-state index in [0.29, 0.717) is 12.8 Å². The molecule has 0 aliphatic rings. The number of aryl methyl sites for hydroxylation is 1. The van der Waals surface area contributed by atoms with Crippen molar-refractivity contribution in [3.63, 3.8) is 0 Å². The molecule has 2 aromatic heterocycles. The second kappa shape index (κ2) is 6.43. The number of carbonyl (C=O) groups excluding carboxylic acids is 1. The van der Waals surface area contributed by atoms with Crippen molar-refractivity contribution < 1.29 is 9.21 Å². The number of rotatable bonds is 5. The van der Waals surface area contributed by atoms with Crippen molar-refractivity contribution in [2.45, 2.75) is 25.8 Å². The molecule has 0 spiro atoms. The van der Waals surface area contributed by atoms with Gasteiger partial charge < -0.3 is 9.73 Å². The highest BCUT2D eigenvalue weighted by atomic mass is 16.3. The van der Waals surface area contributed by atoms with E-state index < -0.39 is 0 Å². The number of carbonyl (C=O) groups is 1. The first kappa shape index (κ1) is 14.3. The molecule has 0 aliphatic heterocycles. The molecule has 4 nitrogen and oxygen atoms in total. The van der Waals surface area contributed by atoms with Gasteiger partial charge in [-0.3, -0.25) is 9.78 Å². The average Bonchev–Trinajstić information content (AvgIpc) is 2.96. The predicted molar refractivity (Wildman–Crippen MR) is 85.3 cm³/mol. The third-order valence-corrected chi connectivity index (χ3v) is 3.66. The van der Waals surface area contributed by atoms with Gasteiger partial charge in [-0.2, -0.15) is 0 Å². The van der Waals surface area contributed by atoms with Crippen LogP contribution in [0.1, 0.15) is 30.7 Å². The molecule has 3 aromatic rings. The molecule has 2 heterocycles. The van der Waals surface area contributed by atoms with E-state index in [4.69, 9.17) is 4.42 Å². The van der Waals surface area contributed by atoms with E-state index in [0.717, 1.165) is 22.3 Å². The first-order valence-electron chi connectivity index (χ1n) is 7.39. The van der Waals surface area contributed by atoms with Crippen LogP contribution in [0.5, 0.6) is 0 Å². The van der Waals surface area contributed by atoms with Gasteiger partial charge in [-0.1, -0.05) is 18.2 Å². The molecule has 1 amide bonds. The third kappa shape index (κ3) is 3.34. The molecule has 0 aliphatic carbocycles. The number of aromatic nitrogens is 1. The number of furan rings is 1. The van der Waals surface area contributed by atoms with E-state index >= 15 is 0 Å². The van der Waals surface area contributed by atoms with Gasteiger partial charge in [-0.15, -0.1) is 0 Å². The lowest BCUT2D eigenvalue weighted by Crippen LogP contribution is -2.26. The van der Waals surface area contributed by atoms with Crippen LogP contribution in [-0.2, 0) is 11.2 Å². The summed E-state index contributed by atoms with van der Waals surface area (Å²) in [5.41, 5.74) is 1.91. The number of benzene rings is 1. The monoisotopic (exact) mass is 294 g/mol. The Morgan fingerprint density at radius 3 is 2.77 bits per heavy atom. The summed E-state index contributed by atoms with van der Waals surface area (Å²) in [7, 11) is 0. The number of nitrogens with one attached hydrogen (secondary N) is 1. The zero-order valence-electron chi connectivity index (χ0n) is 12.5. The van der Waals surface area contributed by atoms with Crippen molar-refractivity contribution in [3.8, 4) is 0 Å². The van der Waals surface area contributed by atoms with Crippen LogP contribution in [0.4, 0.5) is 0 Å². The van der Waals surface area contributed by atoms with Gasteiger partial charge in [0.1, 0.15) is 11.3 Å². The summed E-state index contributed by atoms with van der Waals surface area (Å²) in [4.78, 5) is 16.0. The smallest absolute Gasteiger partial charge is 0.220 e. The Labute approximate surface area is 129 Å². The SMILES string of the molecule is C[C@H](NC(=O)CCc1cc2ccccc2o1)c1ccncc1. The summed E-state index contributed by atoms with van der Waals surface area (Å²) in [5, 5.41) is 4.06. The molecule has 1 atom stereocenters. The van der Waals surface area contributed by atoms with E-state index in [1.54, 1.807) is 12.4 Å². The Morgan fingerprint density at radius 1 is 1.23 bits per heavy atom. The van der Waals surface area contributed by atoms with E-state index in [2.05, 4.69) is 10.3 Å². The standard InChI is InChI=1S/C18H18N2O2/c1-13(14-8-10-19-11-9-14)20-18(21)7-6-16-12-15-4-2-3-5-17(15)22-16/h2-5,8-13H,6-7H2,1H3,(H,20,21)/t13-/m0/s1. The molecule has 1 aromatic carbocycles. The zero-order chi connectivity index (χ0) is 15.4. The van der Waals surface area contributed by atoms with Crippen molar-refractivity contribution in [3.05, 3.63) is 66.2 Å². The average molecular weight is 294 g/mol. The van der Waals surface area contributed by atoms with Gasteiger partial charge in [0.25, 0.3) is 0 Å². The van der Waals surface area contributed by atoms with E-state index in [9.17, 15) is 4.79 Å². The molecule has 1 N–H and O–H groups in total. The normalized spacial score (nSPS) is 12.2. The number of pyridine rings is 1. The van der Waals surface area contributed by atoms with Crippen LogP contribution >= 0.6 is 0 Å². The van der Waals surface area contributed by atoms with Gasteiger partial charge in [-0.05, 0) is 36.8 Å². The molecule has 0 saturated carbocycles. The van der Waals surface area contributed by atoms with Crippen LogP contribution in [-0.4, -0.2) is 10.9 Å². The summed E-state index contributed by atoms with van der Waals surface area (Å²) < 4.78 is 5.72. The zero-order valence-corrected chi connectivity index (χ0v) is 12.5. The Morgan fingerprint density at radius 2 is 2.00 bits per heavy atom. The topological polar surface area (TPSA) is 55.1 Å². The fraction of sp³-hybridized carbons (Fsp3) is 0.222. The summed E-state index contributed by atoms with van der Waals surface area (Å²) >= 11 is 0. The fourth-order valence-corrected chi connectivity index (χ4v) is 2.45. The van der Waals surface area contributed by atoms with Crippen LogP contribution in [0.25, 0.3) is 11.0 Å². The summed E-state index contributed by atoms with van der Waals surface area (Å²) in [6.45, 7) is 1.97. The number of fused-ring (bicyclic) bond motifs is 1. The van der Waals surface area contributed by atoms with Crippen molar-refractivity contribution in [1.29, 1.82) is 0 Å². The highest BCUT2D eigenvalue weighted by molar-refractivity contribution is 5.79. The Hall–Kier alpha value is -2.62. The molecule has 22 heavy (non-hydrogen) atoms. The van der Waals surface area contributed by atoms with Gasteiger partial charge in [0.15, 0.2) is 0 Å². The molecule has 0 radical (unpaired) electrons. The minimum Gasteiger partial charge on any atom is -0.461 e. The summed E-state index contributed by atoms with van der Waals surface area (Å²) in [5.74, 6) is 0.859. The Kier molecular flexibility index (Phi) is 4.19. The predicted octanol–water partition coefficient (Wildman–Crippen LogP) is 3.64. The van der Waals surface area contributed by atoms with Crippen LogP contribution in [0, 0.1) is 0 Å². The quantitative estimate of drug-likeness (QED) is 0.781. The fourth-order valence-electron chi connectivity index (χ4n) is 2.45. The summed E-state index contributed by atoms with van der Waals surface area (Å²) in [6, 6.07) is 13.6. The molecule has 0 fully saturated rings. The number of hydrogen-bond acceptors (Lipinski definition) is 3. The van der Waals surface area contributed by atoms with Crippen LogP contribution in [0.15, 0.2) is 59.3 Å². The molecule has 3 rings (SSSR count). The van der Waals surface area contributed by atoms with Crippen molar-refractivity contribution in [2.75, 3.05) is 0 Å². The minimum absolute atomic E-state index is 0.0183. The molecule has 0 unspecified atom stereocenters. The third-order valence-electron chi connectivity index (χ3n) is 3.66. The largest absolute Gasteiger partial charge is 0.461 e. The van der Waals surface area contributed by atoms with Gasteiger partial charge in [0.2, 0.25) is 5.91 Å². The molecule has 0 saturated heterocycles. The molecular weight excluding hydrogens is 276 g/mol. The maximum absolute atomic E-state index is 12.0. The second-order valence-corrected chi connectivity index (χ2v) is 5.32. The van der Waals surface area contributed by atoms with E-state index in [1.807, 2.05) is 49.4 Å². The molecular formula is C18H18N2O2. The lowest BCUT2D eigenvalue weighted by atomic mass is 10.1. The van der Waals surface area contributed by atoms with Gasteiger partial charge in [0, 0.05) is 30.6 Å². The van der Waals surface area contributed by atoms with Gasteiger partial charge in [-0.25, -0.2) is 0 Å². The number of amides is 1. The number of para-hydroxylation sites is 1. The van der Waals surface area contributed by atoms with E-state index in [1.165, 1.54) is 0 Å². The van der Waals surface area contributed by atoms with E-state index in [-0.39, 0.29) is 11.9 Å². The lowest BCUT2D eigenvalue weighted by Gasteiger charge is -2.13. The van der Waals surface area contributed by atoms with Crippen LogP contribution in [0.2, 0.25) is 0 Å². The first-order valence-corrected chi connectivity index (χ1v) is 7.39. The Bertz CT molecular complexity index is 732. The van der Waals surface area contributed by atoms with Crippen molar-refractivity contribution >= 4 is 16.9 Å². The molecule has 4 heteroatoms. The van der Waals surface area contributed by atoms with Crippen molar-refractivity contribution in [1.82, 2.24) is 10.3 Å². The lowest BCUT2D eigenvalue weighted by molar-refractivity contribution is -0.121. The second-order valence-electron chi connectivity index (χ2n) is 5.32. The van der Waals surface area contributed by atoms with Crippen LogP contribution < -0.4 is 5.32 Å². The van der Waals surface area contributed by atoms with Crippen LogP contribution in [0.3, 0.4) is 0 Å². The summed E-state index contributed by atoms with van der Waals surface area (Å²) in [6.07, 6.45) is 4.47. The number of hydrogen-bond donors (Lipinski definition) is 1. The molecule has 112 valence electrons. The van der Waals surface area contributed by atoms with Gasteiger partial charge in [0.05, 0.1) is 6.04 Å². The van der Waals surface area contributed by atoms with Gasteiger partial charge >= 0.3 is 0 Å². The first-order chi connectivity index (χ1) is 10.7. The maximum atomic E-state index is 12.0. The maximum Gasteiger partial charge on any atom is 0.220 e. The molecule has 0 bridgehead atoms. The van der Waals surface area contributed by atoms with Crippen molar-refractivity contribution in [2.24, 2.45) is 0 Å². The Balaban J connectivity index is 1.56. The highest BCUT2D eigenvalue weighted by Gasteiger charge is 2.11. The number of nitrogens with zero attached hydrogens (tertiary/aromatic N) is 1.